The summed E-state index contributed by atoms with van der Waals surface area (Å²) in [6.45, 7) is 2.36. The van der Waals surface area contributed by atoms with Gasteiger partial charge in [0.15, 0.2) is 5.76 Å². The molecule has 0 saturated carbocycles. The summed E-state index contributed by atoms with van der Waals surface area (Å²) in [6.07, 6.45) is 3.68. The number of para-hydroxylation sites is 1. The summed E-state index contributed by atoms with van der Waals surface area (Å²) in [5, 5.41) is 2.71. The van der Waals surface area contributed by atoms with Crippen LogP contribution < -0.4 is 10.2 Å². The zero-order chi connectivity index (χ0) is 16.2. The Morgan fingerprint density at radius 3 is 2.87 bits per heavy atom. The molecule has 2 amide bonds. The van der Waals surface area contributed by atoms with Crippen LogP contribution in [-0.2, 0) is 11.2 Å². The number of nitrogens with one attached hydrogen (secondary N) is 1. The second-order valence-corrected chi connectivity index (χ2v) is 5.76. The van der Waals surface area contributed by atoms with E-state index in [0.717, 1.165) is 18.5 Å². The van der Waals surface area contributed by atoms with Gasteiger partial charge in [0, 0.05) is 24.7 Å². The van der Waals surface area contributed by atoms with E-state index in [4.69, 9.17) is 4.42 Å². The number of nitrogens with zero attached hydrogens (tertiary/aromatic N) is 1. The largest absolute Gasteiger partial charge is 0.459 e. The van der Waals surface area contributed by atoms with E-state index in [1.54, 1.807) is 12.1 Å². The zero-order valence-corrected chi connectivity index (χ0v) is 13.1. The number of hydrogen-bond acceptors (Lipinski definition) is 3. The molecule has 0 fully saturated rings. The van der Waals surface area contributed by atoms with Crippen LogP contribution in [-0.4, -0.2) is 24.4 Å². The third-order valence-corrected chi connectivity index (χ3v) is 4.16. The molecule has 5 heteroatoms. The summed E-state index contributed by atoms with van der Waals surface area (Å²) in [5.41, 5.74) is 2.20. The number of fused-ring (bicyclic) bond motifs is 1. The van der Waals surface area contributed by atoms with Crippen molar-refractivity contribution < 1.29 is 14.0 Å². The van der Waals surface area contributed by atoms with E-state index in [9.17, 15) is 9.59 Å². The second kappa shape index (κ2) is 6.69. The topological polar surface area (TPSA) is 62.6 Å². The van der Waals surface area contributed by atoms with Crippen LogP contribution >= 0.6 is 0 Å². The first-order valence-corrected chi connectivity index (χ1v) is 7.88. The number of anilines is 1. The standard InChI is InChI=1S/C18H20N2O3/c1-13-8-9-14-5-2-3-6-15(14)20(13)17(21)10-11-19-18(22)16-7-4-12-23-16/h2-7,12-13H,8-11H2,1H3,(H,19,22). The van der Waals surface area contributed by atoms with Crippen LogP contribution in [0.3, 0.4) is 0 Å². The predicted molar refractivity (Wildman–Crippen MR) is 87.4 cm³/mol. The van der Waals surface area contributed by atoms with Gasteiger partial charge in [0.1, 0.15) is 0 Å². The first-order valence-electron chi connectivity index (χ1n) is 7.88. The van der Waals surface area contributed by atoms with Gasteiger partial charge in [-0.3, -0.25) is 9.59 Å². The summed E-state index contributed by atoms with van der Waals surface area (Å²) in [7, 11) is 0. The monoisotopic (exact) mass is 312 g/mol. The average Bonchev–Trinajstić information content (AvgIpc) is 3.09. The first-order chi connectivity index (χ1) is 11.2. The third-order valence-electron chi connectivity index (χ3n) is 4.16. The third kappa shape index (κ3) is 3.28. The van der Waals surface area contributed by atoms with Crippen molar-refractivity contribution in [3.63, 3.8) is 0 Å². The molecule has 5 nitrogen and oxygen atoms in total. The van der Waals surface area contributed by atoms with E-state index < -0.39 is 0 Å². The fourth-order valence-electron chi connectivity index (χ4n) is 2.97. The maximum absolute atomic E-state index is 12.6. The molecule has 1 unspecified atom stereocenters. The molecule has 1 aliphatic rings. The molecule has 0 saturated heterocycles. The first kappa shape index (κ1) is 15.3. The Morgan fingerprint density at radius 1 is 1.26 bits per heavy atom. The highest BCUT2D eigenvalue weighted by Crippen LogP contribution is 2.30. The van der Waals surface area contributed by atoms with Crippen molar-refractivity contribution in [3.8, 4) is 0 Å². The smallest absolute Gasteiger partial charge is 0.286 e. The van der Waals surface area contributed by atoms with Crippen molar-refractivity contribution in [2.24, 2.45) is 0 Å². The van der Waals surface area contributed by atoms with Crippen LogP contribution in [0.15, 0.2) is 47.1 Å². The maximum Gasteiger partial charge on any atom is 0.286 e. The fourth-order valence-corrected chi connectivity index (χ4v) is 2.97. The molecule has 3 rings (SSSR count). The molecular formula is C18H20N2O3. The maximum atomic E-state index is 12.6. The molecule has 0 bridgehead atoms. The van der Waals surface area contributed by atoms with Crippen molar-refractivity contribution in [2.45, 2.75) is 32.2 Å². The van der Waals surface area contributed by atoms with Crippen LogP contribution in [0.1, 0.15) is 35.9 Å². The highest BCUT2D eigenvalue weighted by Gasteiger charge is 2.27. The van der Waals surface area contributed by atoms with Crippen LogP contribution in [0.2, 0.25) is 0 Å². The summed E-state index contributed by atoms with van der Waals surface area (Å²) >= 11 is 0. The quantitative estimate of drug-likeness (QED) is 0.944. The van der Waals surface area contributed by atoms with Gasteiger partial charge in [-0.2, -0.15) is 0 Å². The van der Waals surface area contributed by atoms with E-state index in [2.05, 4.69) is 18.3 Å². The summed E-state index contributed by atoms with van der Waals surface area (Å²) in [4.78, 5) is 26.2. The Morgan fingerprint density at radius 2 is 2.09 bits per heavy atom. The van der Waals surface area contributed by atoms with Crippen molar-refractivity contribution in [3.05, 3.63) is 54.0 Å². The summed E-state index contributed by atoms with van der Waals surface area (Å²) < 4.78 is 5.03. The molecule has 23 heavy (non-hydrogen) atoms. The molecule has 1 N–H and O–H groups in total. The Bertz CT molecular complexity index is 694. The normalized spacial score (nSPS) is 16.7. The van der Waals surface area contributed by atoms with Crippen molar-refractivity contribution in [2.75, 3.05) is 11.4 Å². The fraction of sp³-hybridized carbons (Fsp3) is 0.333. The number of benzene rings is 1. The highest BCUT2D eigenvalue weighted by molar-refractivity contribution is 5.96. The van der Waals surface area contributed by atoms with Gasteiger partial charge in [-0.25, -0.2) is 0 Å². The minimum absolute atomic E-state index is 0.0318. The Kier molecular flexibility index (Phi) is 4.46. The minimum atomic E-state index is -0.296. The summed E-state index contributed by atoms with van der Waals surface area (Å²) in [5.74, 6) is -0.00609. The molecule has 0 spiro atoms. The lowest BCUT2D eigenvalue weighted by molar-refractivity contribution is -0.119. The molecule has 0 aliphatic carbocycles. The minimum Gasteiger partial charge on any atom is -0.459 e. The molecule has 120 valence electrons. The summed E-state index contributed by atoms with van der Waals surface area (Å²) in [6, 6.07) is 11.5. The van der Waals surface area contributed by atoms with E-state index in [-0.39, 0.29) is 30.0 Å². The van der Waals surface area contributed by atoms with Gasteiger partial charge in [0.25, 0.3) is 5.91 Å². The van der Waals surface area contributed by atoms with Crippen LogP contribution in [0.5, 0.6) is 0 Å². The number of amides is 2. The molecule has 1 aromatic carbocycles. The highest BCUT2D eigenvalue weighted by atomic mass is 16.3. The number of rotatable bonds is 4. The van der Waals surface area contributed by atoms with Crippen LogP contribution in [0.4, 0.5) is 5.69 Å². The number of carbonyl (C=O) groups is 2. The molecule has 1 atom stereocenters. The molecule has 2 aromatic rings. The van der Waals surface area contributed by atoms with Gasteiger partial charge in [0.2, 0.25) is 5.91 Å². The van der Waals surface area contributed by atoms with E-state index in [1.165, 1.54) is 11.8 Å². The lowest BCUT2D eigenvalue weighted by Gasteiger charge is -2.35. The number of furan rings is 1. The Balaban J connectivity index is 1.61. The predicted octanol–water partition coefficient (Wildman–Crippen LogP) is 2.77. The van der Waals surface area contributed by atoms with Crippen molar-refractivity contribution >= 4 is 17.5 Å². The lowest BCUT2D eigenvalue weighted by atomic mass is 9.96. The van der Waals surface area contributed by atoms with Crippen molar-refractivity contribution in [1.82, 2.24) is 5.32 Å². The number of carbonyl (C=O) groups excluding carboxylic acids is 2. The van der Waals surface area contributed by atoms with Gasteiger partial charge in [-0.1, -0.05) is 18.2 Å². The molecule has 1 aromatic heterocycles. The van der Waals surface area contributed by atoms with Gasteiger partial charge >= 0.3 is 0 Å². The van der Waals surface area contributed by atoms with Gasteiger partial charge in [-0.05, 0) is 43.5 Å². The van der Waals surface area contributed by atoms with Crippen molar-refractivity contribution in [1.29, 1.82) is 0 Å². The van der Waals surface area contributed by atoms with Gasteiger partial charge in [-0.15, -0.1) is 0 Å². The number of hydrogen-bond donors (Lipinski definition) is 1. The lowest BCUT2D eigenvalue weighted by Crippen LogP contribution is -2.43. The van der Waals surface area contributed by atoms with Crippen LogP contribution in [0, 0.1) is 0 Å². The molecule has 2 heterocycles. The van der Waals surface area contributed by atoms with E-state index in [1.807, 2.05) is 23.1 Å². The molecule has 1 aliphatic heterocycles. The zero-order valence-electron chi connectivity index (χ0n) is 13.1. The molecule has 0 radical (unpaired) electrons. The second-order valence-electron chi connectivity index (χ2n) is 5.76. The number of aryl methyl sites for hydroxylation is 1. The SMILES string of the molecule is CC1CCc2ccccc2N1C(=O)CCNC(=O)c1ccco1. The van der Waals surface area contributed by atoms with E-state index in [0.29, 0.717) is 6.54 Å². The average molecular weight is 312 g/mol. The van der Waals surface area contributed by atoms with E-state index >= 15 is 0 Å². The van der Waals surface area contributed by atoms with Gasteiger partial charge in [0.05, 0.1) is 6.26 Å². The Hall–Kier alpha value is -2.56. The molecular weight excluding hydrogens is 292 g/mol. The van der Waals surface area contributed by atoms with Gasteiger partial charge < -0.3 is 14.6 Å². The Labute approximate surface area is 135 Å². The van der Waals surface area contributed by atoms with Crippen LogP contribution in [0.25, 0.3) is 0 Å².